The number of carbonyl (C=O) groups excluding carboxylic acids is 3. The van der Waals surface area contributed by atoms with Crippen LogP contribution in [-0.4, -0.2) is 58.9 Å². The number of ether oxygens (including phenoxy) is 1. The molecule has 168 valence electrons. The number of likely N-dealkylation sites (tertiary alicyclic amines) is 1. The molecule has 2 aliphatic rings. The van der Waals surface area contributed by atoms with Crippen LogP contribution in [0.3, 0.4) is 0 Å². The van der Waals surface area contributed by atoms with E-state index in [4.69, 9.17) is 4.74 Å². The third kappa shape index (κ3) is 4.39. The number of hydrogen-bond donors (Lipinski definition) is 2. The molecule has 1 aliphatic heterocycles. The number of phenols is 2. The lowest BCUT2D eigenvalue weighted by molar-refractivity contribution is 0.0496. The van der Waals surface area contributed by atoms with Crippen LogP contribution in [0.1, 0.15) is 80.7 Å². The second-order valence-corrected chi connectivity index (χ2v) is 8.37. The van der Waals surface area contributed by atoms with Gasteiger partial charge in [-0.15, -0.1) is 0 Å². The van der Waals surface area contributed by atoms with Crippen molar-refractivity contribution in [3.05, 3.63) is 58.1 Å². The minimum atomic E-state index is -0.654. The van der Waals surface area contributed by atoms with Crippen LogP contribution >= 0.6 is 0 Å². The number of aromatic hydroxyl groups is 2. The molecule has 0 bridgehead atoms. The van der Waals surface area contributed by atoms with Gasteiger partial charge >= 0.3 is 5.97 Å². The van der Waals surface area contributed by atoms with Gasteiger partial charge in [0.25, 0.3) is 0 Å². The standard InChI is InChI=1S/C25H27NO6/c27-19-9-7-8-17-21(19)24(30)22-18(23(17)29)14-16(15-20(22)28)25(31)32-13-6-2-5-12-26-10-3-1-4-11-26/h7-9,14-15,27-28H,1-6,10-13H2. The Morgan fingerprint density at radius 3 is 2.41 bits per heavy atom. The van der Waals surface area contributed by atoms with E-state index in [0.717, 1.165) is 31.9 Å². The summed E-state index contributed by atoms with van der Waals surface area (Å²) >= 11 is 0. The first-order valence-corrected chi connectivity index (χ1v) is 11.1. The molecule has 1 heterocycles. The van der Waals surface area contributed by atoms with Gasteiger partial charge in [-0.1, -0.05) is 18.6 Å². The Hall–Kier alpha value is -3.19. The lowest BCUT2D eigenvalue weighted by Crippen LogP contribution is -2.30. The van der Waals surface area contributed by atoms with E-state index in [-0.39, 0.29) is 40.2 Å². The first kappa shape index (κ1) is 22.0. The quantitative estimate of drug-likeness (QED) is 0.429. The lowest BCUT2D eigenvalue weighted by Gasteiger charge is -2.26. The summed E-state index contributed by atoms with van der Waals surface area (Å²) in [5.41, 5.74) is -0.361. The van der Waals surface area contributed by atoms with E-state index in [0.29, 0.717) is 0 Å². The van der Waals surface area contributed by atoms with Crippen LogP contribution in [0.4, 0.5) is 0 Å². The fraction of sp³-hybridized carbons (Fsp3) is 0.400. The Morgan fingerprint density at radius 2 is 1.62 bits per heavy atom. The molecule has 7 heteroatoms. The van der Waals surface area contributed by atoms with Crippen LogP contribution in [0.2, 0.25) is 0 Å². The molecule has 2 aromatic carbocycles. The van der Waals surface area contributed by atoms with Gasteiger partial charge in [0.1, 0.15) is 11.5 Å². The third-order valence-electron chi connectivity index (χ3n) is 6.14. The largest absolute Gasteiger partial charge is 0.507 e. The summed E-state index contributed by atoms with van der Waals surface area (Å²) in [4.78, 5) is 40.6. The zero-order valence-electron chi connectivity index (χ0n) is 17.9. The van der Waals surface area contributed by atoms with E-state index in [1.54, 1.807) is 0 Å². The Labute approximate surface area is 186 Å². The molecular weight excluding hydrogens is 410 g/mol. The van der Waals surface area contributed by atoms with Crippen molar-refractivity contribution in [1.82, 2.24) is 4.90 Å². The number of benzene rings is 2. The molecule has 0 spiro atoms. The first-order chi connectivity index (χ1) is 15.5. The maximum Gasteiger partial charge on any atom is 0.338 e. The van der Waals surface area contributed by atoms with Crippen molar-refractivity contribution < 1.29 is 29.3 Å². The molecule has 2 N–H and O–H groups in total. The van der Waals surface area contributed by atoms with Gasteiger partial charge in [-0.25, -0.2) is 4.79 Å². The summed E-state index contributed by atoms with van der Waals surface area (Å²) < 4.78 is 5.32. The lowest BCUT2D eigenvalue weighted by atomic mass is 9.82. The van der Waals surface area contributed by atoms with E-state index < -0.39 is 23.3 Å². The Balaban J connectivity index is 1.37. The van der Waals surface area contributed by atoms with Crippen LogP contribution in [0.25, 0.3) is 0 Å². The predicted molar refractivity (Wildman–Crippen MR) is 118 cm³/mol. The second kappa shape index (κ2) is 9.53. The maximum atomic E-state index is 12.9. The normalized spacial score (nSPS) is 15.9. The van der Waals surface area contributed by atoms with Gasteiger partial charge in [-0.3, -0.25) is 9.59 Å². The SMILES string of the molecule is O=C(OCCCCCN1CCCCC1)c1cc(O)c2c(c1)C(=O)c1cccc(O)c1C2=O. The highest BCUT2D eigenvalue weighted by Gasteiger charge is 2.35. The first-order valence-electron chi connectivity index (χ1n) is 11.1. The number of rotatable bonds is 7. The van der Waals surface area contributed by atoms with Gasteiger partial charge in [-0.2, -0.15) is 0 Å². The number of fused-ring (bicyclic) bond motifs is 2. The number of carbonyl (C=O) groups is 3. The van der Waals surface area contributed by atoms with Crippen molar-refractivity contribution >= 4 is 17.5 Å². The molecule has 0 unspecified atom stereocenters. The van der Waals surface area contributed by atoms with Gasteiger partial charge in [-0.05, 0) is 69.9 Å². The molecule has 1 aliphatic carbocycles. The molecule has 1 fully saturated rings. The molecule has 7 nitrogen and oxygen atoms in total. The summed E-state index contributed by atoms with van der Waals surface area (Å²) in [5, 5.41) is 20.4. The number of esters is 1. The molecule has 0 saturated carbocycles. The van der Waals surface area contributed by atoms with Gasteiger partial charge in [0.15, 0.2) is 5.78 Å². The third-order valence-corrected chi connectivity index (χ3v) is 6.14. The predicted octanol–water partition coefficient (Wildman–Crippen LogP) is 3.69. The van der Waals surface area contributed by atoms with Crippen molar-refractivity contribution in [2.75, 3.05) is 26.2 Å². The fourth-order valence-electron chi connectivity index (χ4n) is 4.45. The summed E-state index contributed by atoms with van der Waals surface area (Å²) in [6.07, 6.45) is 6.60. The summed E-state index contributed by atoms with van der Waals surface area (Å²) in [6.45, 7) is 3.66. The number of ketones is 2. The van der Waals surface area contributed by atoms with Gasteiger partial charge < -0.3 is 19.8 Å². The summed E-state index contributed by atoms with van der Waals surface area (Å²) in [5.74, 6) is -2.65. The smallest absolute Gasteiger partial charge is 0.338 e. The molecule has 4 rings (SSSR count). The highest BCUT2D eigenvalue weighted by atomic mass is 16.5. The summed E-state index contributed by atoms with van der Waals surface area (Å²) in [7, 11) is 0. The molecule has 0 atom stereocenters. The molecule has 0 radical (unpaired) electrons. The van der Waals surface area contributed by atoms with Gasteiger partial charge in [0.05, 0.1) is 23.3 Å². The number of unbranched alkanes of at least 4 members (excludes halogenated alkanes) is 2. The van der Waals surface area contributed by atoms with Crippen molar-refractivity contribution in [3.8, 4) is 11.5 Å². The van der Waals surface area contributed by atoms with Crippen molar-refractivity contribution in [3.63, 3.8) is 0 Å². The molecule has 32 heavy (non-hydrogen) atoms. The number of nitrogens with zero attached hydrogens (tertiary/aromatic N) is 1. The number of phenolic OH excluding ortho intramolecular Hbond substituents is 2. The molecule has 1 saturated heterocycles. The molecular formula is C25H27NO6. The van der Waals surface area contributed by atoms with Crippen LogP contribution in [0, 0.1) is 0 Å². The number of piperidine rings is 1. The topological polar surface area (TPSA) is 104 Å². The van der Waals surface area contributed by atoms with E-state index in [2.05, 4.69) is 4.90 Å². The monoisotopic (exact) mass is 437 g/mol. The summed E-state index contributed by atoms with van der Waals surface area (Å²) in [6, 6.07) is 6.62. The van der Waals surface area contributed by atoms with Gasteiger partial charge in [0.2, 0.25) is 5.78 Å². The Kier molecular flexibility index (Phi) is 6.55. The molecule has 2 aromatic rings. The zero-order valence-corrected chi connectivity index (χ0v) is 17.9. The number of hydrogen-bond acceptors (Lipinski definition) is 7. The van der Waals surface area contributed by atoms with Crippen molar-refractivity contribution in [2.45, 2.75) is 38.5 Å². The maximum absolute atomic E-state index is 12.9. The van der Waals surface area contributed by atoms with Crippen LogP contribution in [-0.2, 0) is 4.74 Å². The second-order valence-electron chi connectivity index (χ2n) is 8.37. The Morgan fingerprint density at radius 1 is 0.875 bits per heavy atom. The molecule has 0 amide bonds. The molecule has 0 aromatic heterocycles. The van der Waals surface area contributed by atoms with E-state index in [9.17, 15) is 24.6 Å². The van der Waals surface area contributed by atoms with Crippen LogP contribution in [0.5, 0.6) is 11.5 Å². The minimum Gasteiger partial charge on any atom is -0.507 e. The highest BCUT2D eigenvalue weighted by Crippen LogP contribution is 2.37. The van der Waals surface area contributed by atoms with Gasteiger partial charge in [0, 0.05) is 11.1 Å². The van der Waals surface area contributed by atoms with E-state index >= 15 is 0 Å². The fourth-order valence-corrected chi connectivity index (χ4v) is 4.45. The average molecular weight is 437 g/mol. The van der Waals surface area contributed by atoms with Crippen molar-refractivity contribution in [2.24, 2.45) is 0 Å². The van der Waals surface area contributed by atoms with Crippen LogP contribution < -0.4 is 0 Å². The van der Waals surface area contributed by atoms with E-state index in [1.807, 2.05) is 0 Å². The van der Waals surface area contributed by atoms with Crippen molar-refractivity contribution in [1.29, 1.82) is 0 Å². The van der Waals surface area contributed by atoms with E-state index in [1.165, 1.54) is 56.6 Å². The average Bonchev–Trinajstić information content (AvgIpc) is 2.79. The Bertz CT molecular complexity index is 1050. The zero-order chi connectivity index (χ0) is 22.7. The highest BCUT2D eigenvalue weighted by molar-refractivity contribution is 6.30. The minimum absolute atomic E-state index is 0.0133. The van der Waals surface area contributed by atoms with Crippen LogP contribution in [0.15, 0.2) is 30.3 Å².